The van der Waals surface area contributed by atoms with E-state index in [1.807, 2.05) is 0 Å². The van der Waals surface area contributed by atoms with Crippen molar-refractivity contribution in [1.29, 1.82) is 0 Å². The van der Waals surface area contributed by atoms with Gasteiger partial charge in [0, 0.05) is 31.4 Å². The molecule has 4 rings (SSSR count). The van der Waals surface area contributed by atoms with E-state index in [2.05, 4.69) is 71.9 Å². The van der Waals surface area contributed by atoms with E-state index in [0.29, 0.717) is 0 Å². The lowest BCUT2D eigenvalue weighted by atomic mass is 10.0. The minimum absolute atomic E-state index is 0.939. The monoisotopic (exact) mass is 348 g/mol. The quantitative estimate of drug-likeness (QED) is 0.783. The van der Waals surface area contributed by atoms with Gasteiger partial charge in [-0.1, -0.05) is 29.8 Å². The maximum absolute atomic E-state index is 5.08. The fraction of sp³-hybridized carbons (Fsp3) is 0.409. The van der Waals surface area contributed by atoms with E-state index in [1.54, 1.807) is 0 Å². The van der Waals surface area contributed by atoms with Crippen LogP contribution in [0.4, 0.5) is 0 Å². The van der Waals surface area contributed by atoms with Gasteiger partial charge in [0.15, 0.2) is 0 Å². The first-order chi connectivity index (χ1) is 12.6. The average Bonchev–Trinajstić information content (AvgIpc) is 2.79. The SMILES string of the molecule is Cc1ccc(-c2nc3c(C)cccn3c2CN2CCCNCC2)c(C)c1. The van der Waals surface area contributed by atoms with Crippen LogP contribution in [-0.4, -0.2) is 40.5 Å². The Balaban J connectivity index is 1.84. The van der Waals surface area contributed by atoms with Crippen LogP contribution in [0.1, 0.15) is 28.8 Å². The van der Waals surface area contributed by atoms with Crippen LogP contribution in [0.5, 0.6) is 0 Å². The van der Waals surface area contributed by atoms with E-state index in [4.69, 9.17) is 4.98 Å². The number of rotatable bonds is 3. The highest BCUT2D eigenvalue weighted by Gasteiger charge is 2.19. The van der Waals surface area contributed by atoms with Crippen LogP contribution in [0.15, 0.2) is 36.5 Å². The van der Waals surface area contributed by atoms with Crippen LogP contribution in [-0.2, 0) is 6.54 Å². The Labute approximate surface area is 155 Å². The number of hydrogen-bond donors (Lipinski definition) is 1. The number of imidazole rings is 1. The normalized spacial score (nSPS) is 16.1. The van der Waals surface area contributed by atoms with Crippen LogP contribution >= 0.6 is 0 Å². The first-order valence-electron chi connectivity index (χ1n) is 9.61. The van der Waals surface area contributed by atoms with Gasteiger partial charge in [0.05, 0.1) is 11.4 Å². The van der Waals surface area contributed by atoms with E-state index >= 15 is 0 Å². The molecular weight excluding hydrogens is 320 g/mol. The van der Waals surface area contributed by atoms with Gasteiger partial charge in [-0.2, -0.15) is 0 Å². The number of aryl methyl sites for hydroxylation is 3. The van der Waals surface area contributed by atoms with Gasteiger partial charge < -0.3 is 9.72 Å². The second kappa shape index (κ2) is 7.22. The second-order valence-corrected chi connectivity index (χ2v) is 7.49. The summed E-state index contributed by atoms with van der Waals surface area (Å²) < 4.78 is 2.29. The standard InChI is InChI=1S/C22H28N4/c1-16-7-8-19(18(3)14-16)21-20(15-25-11-5-9-23-10-13-25)26-12-4-6-17(2)22(26)24-21/h4,6-8,12,14,23H,5,9-11,13,15H2,1-3H3. The van der Waals surface area contributed by atoms with Crippen LogP contribution in [0.3, 0.4) is 0 Å². The summed E-state index contributed by atoms with van der Waals surface area (Å²) in [7, 11) is 0. The van der Waals surface area contributed by atoms with Crippen molar-refractivity contribution in [3.8, 4) is 11.3 Å². The van der Waals surface area contributed by atoms with Gasteiger partial charge in [-0.3, -0.25) is 4.90 Å². The van der Waals surface area contributed by atoms with Gasteiger partial charge in [0.2, 0.25) is 0 Å². The van der Waals surface area contributed by atoms with E-state index < -0.39 is 0 Å². The first kappa shape index (κ1) is 17.3. The number of hydrogen-bond acceptors (Lipinski definition) is 3. The van der Waals surface area contributed by atoms with Crippen molar-refractivity contribution < 1.29 is 0 Å². The molecule has 26 heavy (non-hydrogen) atoms. The van der Waals surface area contributed by atoms with Gasteiger partial charge in [-0.05, 0) is 57.5 Å². The molecule has 0 spiro atoms. The predicted octanol–water partition coefficient (Wildman–Crippen LogP) is 3.72. The number of nitrogens with zero attached hydrogens (tertiary/aromatic N) is 3. The third-order valence-corrected chi connectivity index (χ3v) is 5.39. The molecule has 0 atom stereocenters. The highest BCUT2D eigenvalue weighted by molar-refractivity contribution is 5.71. The van der Waals surface area contributed by atoms with Gasteiger partial charge in [-0.15, -0.1) is 0 Å². The Bertz CT molecular complexity index is 917. The van der Waals surface area contributed by atoms with E-state index in [-0.39, 0.29) is 0 Å². The number of fused-ring (bicyclic) bond motifs is 1. The highest BCUT2D eigenvalue weighted by atomic mass is 15.2. The Hall–Kier alpha value is -2.17. The van der Waals surface area contributed by atoms with E-state index in [0.717, 1.165) is 44.1 Å². The summed E-state index contributed by atoms with van der Waals surface area (Å²) in [5, 5.41) is 3.50. The van der Waals surface area contributed by atoms with Gasteiger partial charge in [0.1, 0.15) is 5.65 Å². The molecule has 0 amide bonds. The zero-order valence-corrected chi connectivity index (χ0v) is 16.0. The number of benzene rings is 1. The van der Waals surface area contributed by atoms with Crippen molar-refractivity contribution in [3.05, 3.63) is 58.9 Å². The third kappa shape index (κ3) is 3.27. The number of pyridine rings is 1. The molecule has 0 saturated carbocycles. The molecule has 0 radical (unpaired) electrons. The van der Waals surface area contributed by atoms with Crippen molar-refractivity contribution in [3.63, 3.8) is 0 Å². The lowest BCUT2D eigenvalue weighted by molar-refractivity contribution is 0.281. The van der Waals surface area contributed by atoms with Crippen LogP contribution in [0.25, 0.3) is 16.9 Å². The number of nitrogens with one attached hydrogen (secondary N) is 1. The lowest BCUT2D eigenvalue weighted by Gasteiger charge is -2.20. The smallest absolute Gasteiger partial charge is 0.140 e. The fourth-order valence-electron chi connectivity index (χ4n) is 3.97. The summed E-state index contributed by atoms with van der Waals surface area (Å²) in [6.07, 6.45) is 3.36. The van der Waals surface area contributed by atoms with Crippen LogP contribution < -0.4 is 5.32 Å². The van der Waals surface area contributed by atoms with Crippen molar-refractivity contribution in [2.24, 2.45) is 0 Å². The molecule has 2 aromatic heterocycles. The molecule has 0 unspecified atom stereocenters. The Morgan fingerprint density at radius 2 is 1.92 bits per heavy atom. The summed E-state index contributed by atoms with van der Waals surface area (Å²) in [6.45, 7) is 11.8. The molecule has 1 N–H and O–H groups in total. The fourth-order valence-corrected chi connectivity index (χ4v) is 3.97. The largest absolute Gasteiger partial charge is 0.315 e. The Morgan fingerprint density at radius 1 is 1.04 bits per heavy atom. The molecule has 3 heterocycles. The molecule has 4 nitrogen and oxygen atoms in total. The molecule has 1 saturated heterocycles. The van der Waals surface area contributed by atoms with E-state index in [1.165, 1.54) is 34.4 Å². The van der Waals surface area contributed by atoms with Crippen LogP contribution in [0.2, 0.25) is 0 Å². The molecule has 4 heteroatoms. The zero-order valence-electron chi connectivity index (χ0n) is 16.0. The molecular formula is C22H28N4. The zero-order chi connectivity index (χ0) is 18.1. The topological polar surface area (TPSA) is 32.6 Å². The van der Waals surface area contributed by atoms with Crippen molar-refractivity contribution in [2.75, 3.05) is 26.2 Å². The highest BCUT2D eigenvalue weighted by Crippen LogP contribution is 2.30. The molecule has 3 aromatic rings. The summed E-state index contributed by atoms with van der Waals surface area (Å²) in [4.78, 5) is 7.64. The van der Waals surface area contributed by atoms with Crippen molar-refractivity contribution in [2.45, 2.75) is 33.7 Å². The Kier molecular flexibility index (Phi) is 4.79. The lowest BCUT2D eigenvalue weighted by Crippen LogP contribution is -2.28. The molecule has 1 aliphatic rings. The minimum Gasteiger partial charge on any atom is -0.315 e. The van der Waals surface area contributed by atoms with Gasteiger partial charge >= 0.3 is 0 Å². The molecule has 1 fully saturated rings. The predicted molar refractivity (Wildman–Crippen MR) is 108 cm³/mol. The summed E-state index contributed by atoms with van der Waals surface area (Å²) >= 11 is 0. The number of aromatic nitrogens is 2. The third-order valence-electron chi connectivity index (χ3n) is 5.39. The summed E-state index contributed by atoms with van der Waals surface area (Å²) in [5.74, 6) is 0. The second-order valence-electron chi connectivity index (χ2n) is 7.49. The van der Waals surface area contributed by atoms with Gasteiger partial charge in [-0.25, -0.2) is 4.98 Å². The molecule has 1 aliphatic heterocycles. The van der Waals surface area contributed by atoms with Crippen LogP contribution in [0, 0.1) is 20.8 Å². The summed E-state index contributed by atoms with van der Waals surface area (Å²) in [5.41, 5.74) is 8.58. The average molecular weight is 348 g/mol. The molecule has 136 valence electrons. The van der Waals surface area contributed by atoms with Gasteiger partial charge in [0.25, 0.3) is 0 Å². The molecule has 0 bridgehead atoms. The molecule has 1 aromatic carbocycles. The first-order valence-corrected chi connectivity index (χ1v) is 9.61. The van der Waals surface area contributed by atoms with Crippen molar-refractivity contribution in [1.82, 2.24) is 19.6 Å². The Morgan fingerprint density at radius 3 is 2.77 bits per heavy atom. The van der Waals surface area contributed by atoms with Crippen molar-refractivity contribution >= 4 is 5.65 Å². The maximum Gasteiger partial charge on any atom is 0.140 e. The summed E-state index contributed by atoms with van der Waals surface area (Å²) in [6, 6.07) is 11.0. The minimum atomic E-state index is 0.939. The maximum atomic E-state index is 5.08. The molecule has 0 aliphatic carbocycles. The van der Waals surface area contributed by atoms with E-state index in [9.17, 15) is 0 Å².